The van der Waals surface area contributed by atoms with E-state index in [2.05, 4.69) is 20.6 Å². The summed E-state index contributed by atoms with van der Waals surface area (Å²) in [6.07, 6.45) is -5.87. The van der Waals surface area contributed by atoms with Crippen LogP contribution in [0.4, 0.5) is 18.9 Å². The normalized spacial score (nSPS) is 16.2. The smallest absolute Gasteiger partial charge is 0.449 e. The zero-order valence-electron chi connectivity index (χ0n) is 18.1. The molecule has 0 spiro atoms. The molecule has 2 amide bonds. The van der Waals surface area contributed by atoms with E-state index in [4.69, 9.17) is 4.74 Å². The van der Waals surface area contributed by atoms with Crippen molar-refractivity contribution in [2.45, 2.75) is 24.7 Å². The molecule has 0 fully saturated rings. The Morgan fingerprint density at radius 2 is 1.77 bits per heavy atom. The van der Waals surface area contributed by atoms with Gasteiger partial charge in [0.1, 0.15) is 5.75 Å². The van der Waals surface area contributed by atoms with Gasteiger partial charge in [-0.05, 0) is 35.4 Å². The monoisotopic (exact) mass is 480 g/mol. The highest BCUT2D eigenvalue weighted by Crippen LogP contribution is 2.32. The van der Waals surface area contributed by atoms with Crippen LogP contribution in [0.2, 0.25) is 0 Å². The van der Waals surface area contributed by atoms with Crippen LogP contribution < -0.4 is 15.4 Å². The minimum absolute atomic E-state index is 0.158. The molecule has 5 rings (SSSR count). The van der Waals surface area contributed by atoms with Gasteiger partial charge in [0, 0.05) is 0 Å². The maximum absolute atomic E-state index is 13.1. The standard InChI is InChI=1S/C25H19F3N4O3/c26-25(27,28)24-30-16-11-10-15(12-18(16)31-24)22(14-6-2-1-3-7-14)32-21(33)13-20-23(34)29-17-8-4-5-9-19(17)35-20/h1-12,20,22H,13H2,(H,29,34)(H,30,31)(H,32,33)/t20-,22+/m1/s1. The fourth-order valence-electron chi connectivity index (χ4n) is 3.96. The Balaban J connectivity index is 1.40. The summed E-state index contributed by atoms with van der Waals surface area (Å²) in [5, 5.41) is 5.61. The number of ether oxygens (including phenoxy) is 1. The van der Waals surface area contributed by atoms with Crippen molar-refractivity contribution in [3.63, 3.8) is 0 Å². The van der Waals surface area contributed by atoms with Gasteiger partial charge < -0.3 is 20.4 Å². The van der Waals surface area contributed by atoms with Crippen molar-refractivity contribution in [1.29, 1.82) is 0 Å². The molecule has 178 valence electrons. The first kappa shape index (κ1) is 22.5. The first-order valence-electron chi connectivity index (χ1n) is 10.8. The number of rotatable bonds is 5. The molecule has 2 heterocycles. The van der Waals surface area contributed by atoms with Crippen molar-refractivity contribution in [2.75, 3.05) is 5.32 Å². The molecule has 0 unspecified atom stereocenters. The maximum Gasteiger partial charge on any atom is 0.449 e. The van der Waals surface area contributed by atoms with Gasteiger partial charge >= 0.3 is 6.18 Å². The van der Waals surface area contributed by atoms with Crippen LogP contribution >= 0.6 is 0 Å². The summed E-state index contributed by atoms with van der Waals surface area (Å²) < 4.78 is 44.9. The van der Waals surface area contributed by atoms with E-state index in [9.17, 15) is 22.8 Å². The lowest BCUT2D eigenvalue weighted by Crippen LogP contribution is -2.41. The van der Waals surface area contributed by atoms with E-state index in [1.54, 1.807) is 54.6 Å². The van der Waals surface area contributed by atoms with Crippen LogP contribution in [0.25, 0.3) is 11.0 Å². The third-order valence-corrected chi connectivity index (χ3v) is 5.62. The van der Waals surface area contributed by atoms with Gasteiger partial charge in [0.15, 0.2) is 6.10 Å². The van der Waals surface area contributed by atoms with E-state index in [0.717, 1.165) is 5.56 Å². The van der Waals surface area contributed by atoms with Crippen LogP contribution in [0.15, 0.2) is 72.8 Å². The van der Waals surface area contributed by atoms with Gasteiger partial charge in [0.2, 0.25) is 11.7 Å². The molecule has 0 saturated carbocycles. The van der Waals surface area contributed by atoms with Gasteiger partial charge in [0.25, 0.3) is 5.91 Å². The summed E-state index contributed by atoms with van der Waals surface area (Å²) in [5.41, 5.74) is 2.15. The Labute approximate surface area is 197 Å². The summed E-state index contributed by atoms with van der Waals surface area (Å²) in [6, 6.07) is 19.8. The van der Waals surface area contributed by atoms with Gasteiger partial charge in [-0.3, -0.25) is 9.59 Å². The largest absolute Gasteiger partial charge is 0.478 e. The summed E-state index contributed by atoms with van der Waals surface area (Å²) in [7, 11) is 0. The van der Waals surface area contributed by atoms with E-state index >= 15 is 0 Å². The number of alkyl halides is 3. The van der Waals surface area contributed by atoms with Crippen LogP contribution in [0.5, 0.6) is 5.75 Å². The third-order valence-electron chi connectivity index (χ3n) is 5.62. The molecule has 7 nitrogen and oxygen atoms in total. The number of H-pyrrole nitrogens is 1. The lowest BCUT2D eigenvalue weighted by molar-refractivity contribution is -0.144. The van der Waals surface area contributed by atoms with Crippen LogP contribution in [0.3, 0.4) is 0 Å². The number of aromatic amines is 1. The van der Waals surface area contributed by atoms with Gasteiger partial charge in [-0.2, -0.15) is 13.2 Å². The van der Waals surface area contributed by atoms with E-state index in [0.29, 0.717) is 17.0 Å². The summed E-state index contributed by atoms with van der Waals surface area (Å²) >= 11 is 0. The quantitative estimate of drug-likeness (QED) is 0.390. The van der Waals surface area contributed by atoms with Crippen LogP contribution in [0, 0.1) is 0 Å². The van der Waals surface area contributed by atoms with Crippen LogP contribution in [-0.2, 0) is 15.8 Å². The van der Waals surface area contributed by atoms with Gasteiger partial charge in [0.05, 0.1) is 29.2 Å². The molecule has 1 aliphatic heterocycles. The maximum atomic E-state index is 13.1. The number of anilines is 1. The molecule has 1 aliphatic rings. The number of hydrogen-bond acceptors (Lipinski definition) is 4. The Bertz CT molecular complexity index is 1400. The molecule has 0 aliphatic carbocycles. The van der Waals surface area contributed by atoms with Crippen LogP contribution in [-0.4, -0.2) is 27.9 Å². The lowest BCUT2D eigenvalue weighted by atomic mass is 9.98. The van der Waals surface area contributed by atoms with E-state index < -0.39 is 36.0 Å². The molecule has 3 N–H and O–H groups in total. The summed E-state index contributed by atoms with van der Waals surface area (Å²) in [5.74, 6) is -1.52. The molecule has 0 radical (unpaired) electrons. The molecule has 10 heteroatoms. The molecule has 1 aromatic heterocycles. The molecule has 2 atom stereocenters. The minimum Gasteiger partial charge on any atom is -0.478 e. The Kier molecular flexibility index (Phi) is 5.64. The molecule has 4 aromatic rings. The number of fused-ring (bicyclic) bond motifs is 2. The fourth-order valence-corrected chi connectivity index (χ4v) is 3.96. The number of nitrogens with zero attached hydrogens (tertiary/aromatic N) is 1. The average molecular weight is 480 g/mol. The topological polar surface area (TPSA) is 96.1 Å². The number of nitrogens with one attached hydrogen (secondary N) is 3. The number of hydrogen-bond donors (Lipinski definition) is 3. The fraction of sp³-hybridized carbons (Fsp3) is 0.160. The number of aromatic nitrogens is 2. The SMILES string of the molecule is O=C(C[C@H]1Oc2ccccc2NC1=O)N[C@@H](c1ccccc1)c1ccc2nc(C(F)(F)F)[nH]c2c1. The predicted octanol–water partition coefficient (Wildman–Crippen LogP) is 4.58. The molecule has 35 heavy (non-hydrogen) atoms. The zero-order valence-corrected chi connectivity index (χ0v) is 18.1. The van der Waals surface area contributed by atoms with Crippen molar-refractivity contribution in [1.82, 2.24) is 15.3 Å². The average Bonchev–Trinajstić information content (AvgIpc) is 3.28. The molecule has 0 bridgehead atoms. The van der Waals surface area contributed by atoms with Crippen molar-refractivity contribution in [3.05, 3.63) is 89.7 Å². The molecular weight excluding hydrogens is 461 g/mol. The Hall–Kier alpha value is -4.34. The van der Waals surface area contributed by atoms with Gasteiger partial charge in [-0.15, -0.1) is 0 Å². The van der Waals surface area contributed by atoms with Crippen molar-refractivity contribution >= 4 is 28.5 Å². The third kappa shape index (κ3) is 4.68. The predicted molar refractivity (Wildman–Crippen MR) is 122 cm³/mol. The van der Waals surface area contributed by atoms with Crippen LogP contribution in [0.1, 0.15) is 29.4 Å². The zero-order chi connectivity index (χ0) is 24.6. The van der Waals surface area contributed by atoms with E-state index in [-0.39, 0.29) is 17.5 Å². The number of benzene rings is 3. The number of halogens is 3. The highest BCUT2D eigenvalue weighted by Gasteiger charge is 2.35. The second-order valence-electron chi connectivity index (χ2n) is 8.07. The van der Waals surface area contributed by atoms with Crippen molar-refractivity contribution in [3.8, 4) is 5.75 Å². The van der Waals surface area contributed by atoms with E-state index in [1.165, 1.54) is 12.1 Å². The number of amides is 2. The second kappa shape index (κ2) is 8.79. The van der Waals surface area contributed by atoms with Gasteiger partial charge in [-0.25, -0.2) is 4.98 Å². The number of carbonyl (C=O) groups excluding carboxylic acids is 2. The lowest BCUT2D eigenvalue weighted by Gasteiger charge is -2.26. The molecule has 0 saturated heterocycles. The highest BCUT2D eigenvalue weighted by molar-refractivity contribution is 6.00. The van der Waals surface area contributed by atoms with E-state index in [1.807, 2.05) is 6.07 Å². The molecular formula is C25H19F3N4O3. The highest BCUT2D eigenvalue weighted by atomic mass is 19.4. The first-order valence-corrected chi connectivity index (χ1v) is 10.8. The van der Waals surface area contributed by atoms with Crippen molar-refractivity contribution in [2.24, 2.45) is 0 Å². The Morgan fingerprint density at radius 1 is 1.03 bits per heavy atom. The minimum atomic E-state index is -4.61. The Morgan fingerprint density at radius 3 is 2.54 bits per heavy atom. The summed E-state index contributed by atoms with van der Waals surface area (Å²) in [6.45, 7) is 0. The number of carbonyl (C=O) groups is 2. The van der Waals surface area contributed by atoms with Gasteiger partial charge in [-0.1, -0.05) is 48.5 Å². The van der Waals surface area contributed by atoms with Crippen molar-refractivity contribution < 1.29 is 27.5 Å². The number of para-hydroxylation sites is 2. The first-order chi connectivity index (χ1) is 16.8. The number of imidazole rings is 1. The summed E-state index contributed by atoms with van der Waals surface area (Å²) in [4.78, 5) is 31.3. The second-order valence-corrected chi connectivity index (χ2v) is 8.07. The molecule has 3 aromatic carbocycles.